The maximum absolute atomic E-state index is 12.5. The van der Waals surface area contributed by atoms with Crippen molar-refractivity contribution >= 4 is 12.1 Å². The van der Waals surface area contributed by atoms with E-state index in [0.717, 1.165) is 27.8 Å². The fraction of sp³-hybridized carbons (Fsp3) is 0.259. The van der Waals surface area contributed by atoms with E-state index in [0.29, 0.717) is 12.8 Å². The number of carboxylic acid groups (broad SMARTS) is 1. The second kappa shape index (κ2) is 9.27. The van der Waals surface area contributed by atoms with Crippen LogP contribution in [0.4, 0.5) is 4.79 Å². The molecule has 0 bridgehead atoms. The van der Waals surface area contributed by atoms with Crippen molar-refractivity contribution in [1.82, 2.24) is 5.32 Å². The Morgan fingerprint density at radius 3 is 2.16 bits per heavy atom. The molecule has 0 saturated heterocycles. The zero-order chi connectivity index (χ0) is 22.7. The molecule has 3 aromatic rings. The summed E-state index contributed by atoms with van der Waals surface area (Å²) in [6, 6.07) is 21.3. The van der Waals surface area contributed by atoms with Crippen LogP contribution in [0.5, 0.6) is 0 Å². The van der Waals surface area contributed by atoms with Crippen LogP contribution in [-0.4, -0.2) is 29.8 Å². The molecular weight excluding hydrogens is 402 g/mol. The van der Waals surface area contributed by atoms with Crippen LogP contribution in [0.1, 0.15) is 40.2 Å². The Balaban J connectivity index is 1.38. The lowest BCUT2D eigenvalue weighted by atomic mass is 9.98. The number of nitrogens with one attached hydrogen (secondary N) is 1. The minimum absolute atomic E-state index is 0.0630. The Bertz CT molecular complexity index is 1110. The van der Waals surface area contributed by atoms with Crippen LogP contribution in [0.25, 0.3) is 11.1 Å². The van der Waals surface area contributed by atoms with E-state index in [1.54, 1.807) is 0 Å². The molecule has 1 aliphatic rings. The molecule has 1 amide bonds. The zero-order valence-corrected chi connectivity index (χ0v) is 18.3. The number of alkyl carbamates (subject to hydrolysis) is 1. The summed E-state index contributed by atoms with van der Waals surface area (Å²) in [5.41, 5.74) is 7.94. The summed E-state index contributed by atoms with van der Waals surface area (Å²) in [4.78, 5) is 24.1. The van der Waals surface area contributed by atoms with Crippen molar-refractivity contribution < 1.29 is 19.4 Å². The molecule has 0 aliphatic heterocycles. The Morgan fingerprint density at radius 1 is 0.938 bits per heavy atom. The molecule has 164 valence electrons. The normalized spacial score (nSPS) is 13.2. The number of amides is 1. The molecule has 4 rings (SSSR count). The number of carbonyl (C=O) groups is 2. The summed E-state index contributed by atoms with van der Waals surface area (Å²) < 4.78 is 5.49. The first-order chi connectivity index (χ1) is 15.4. The highest BCUT2D eigenvalue weighted by Crippen LogP contribution is 2.44. The number of rotatable bonds is 7. The average Bonchev–Trinajstić information content (AvgIpc) is 3.11. The van der Waals surface area contributed by atoms with Gasteiger partial charge < -0.3 is 15.2 Å². The van der Waals surface area contributed by atoms with E-state index >= 15 is 0 Å². The van der Waals surface area contributed by atoms with E-state index in [2.05, 4.69) is 23.5 Å². The highest BCUT2D eigenvalue weighted by Gasteiger charge is 2.29. The van der Waals surface area contributed by atoms with Crippen molar-refractivity contribution in [3.8, 4) is 11.1 Å². The fourth-order valence-corrected chi connectivity index (χ4v) is 4.31. The number of hydrogen-bond acceptors (Lipinski definition) is 3. The van der Waals surface area contributed by atoms with Crippen molar-refractivity contribution in [2.45, 2.75) is 38.6 Å². The van der Waals surface area contributed by atoms with Gasteiger partial charge in [-0.05, 0) is 65.6 Å². The van der Waals surface area contributed by atoms with Crippen LogP contribution in [-0.2, 0) is 16.0 Å². The van der Waals surface area contributed by atoms with Gasteiger partial charge in [0.15, 0.2) is 0 Å². The smallest absolute Gasteiger partial charge is 0.407 e. The minimum atomic E-state index is -1.07. The minimum Gasteiger partial charge on any atom is -0.480 e. The lowest BCUT2D eigenvalue weighted by Crippen LogP contribution is -2.41. The Kier molecular flexibility index (Phi) is 6.26. The average molecular weight is 430 g/mol. The van der Waals surface area contributed by atoms with E-state index in [1.807, 2.05) is 62.4 Å². The number of fused-ring (bicyclic) bond motifs is 3. The van der Waals surface area contributed by atoms with E-state index in [1.165, 1.54) is 11.1 Å². The number of aryl methyl sites for hydroxylation is 3. The first kappa shape index (κ1) is 21.6. The zero-order valence-electron chi connectivity index (χ0n) is 18.3. The summed E-state index contributed by atoms with van der Waals surface area (Å²) in [7, 11) is 0. The summed E-state index contributed by atoms with van der Waals surface area (Å²) in [5, 5.41) is 12.1. The van der Waals surface area contributed by atoms with Crippen LogP contribution < -0.4 is 5.32 Å². The van der Waals surface area contributed by atoms with Gasteiger partial charge in [-0.25, -0.2) is 9.59 Å². The van der Waals surface area contributed by atoms with E-state index in [4.69, 9.17) is 4.74 Å². The van der Waals surface area contributed by atoms with Crippen molar-refractivity contribution in [1.29, 1.82) is 0 Å². The predicted molar refractivity (Wildman–Crippen MR) is 124 cm³/mol. The molecule has 0 heterocycles. The molecule has 0 radical (unpaired) electrons. The topological polar surface area (TPSA) is 75.6 Å². The number of ether oxygens (including phenoxy) is 1. The number of carbonyl (C=O) groups excluding carboxylic acids is 1. The number of aliphatic carboxylic acids is 1. The van der Waals surface area contributed by atoms with Gasteiger partial charge in [0, 0.05) is 5.92 Å². The quantitative estimate of drug-likeness (QED) is 0.539. The van der Waals surface area contributed by atoms with E-state index < -0.39 is 18.1 Å². The summed E-state index contributed by atoms with van der Waals surface area (Å²) >= 11 is 0. The maximum Gasteiger partial charge on any atom is 0.407 e. The largest absolute Gasteiger partial charge is 0.480 e. The molecule has 1 atom stereocenters. The van der Waals surface area contributed by atoms with Crippen LogP contribution in [0.2, 0.25) is 0 Å². The Morgan fingerprint density at radius 2 is 1.56 bits per heavy atom. The molecule has 0 aromatic heterocycles. The first-order valence-corrected chi connectivity index (χ1v) is 10.8. The van der Waals surface area contributed by atoms with Crippen molar-refractivity contribution in [3.05, 3.63) is 94.5 Å². The summed E-state index contributed by atoms with van der Waals surface area (Å²) in [6.45, 7) is 4.23. The second-order valence-corrected chi connectivity index (χ2v) is 8.32. The fourth-order valence-electron chi connectivity index (χ4n) is 4.31. The molecule has 1 aliphatic carbocycles. The van der Waals surface area contributed by atoms with Crippen LogP contribution in [0.3, 0.4) is 0 Å². The molecule has 0 unspecified atom stereocenters. The molecule has 2 N–H and O–H groups in total. The van der Waals surface area contributed by atoms with Gasteiger partial charge in [-0.2, -0.15) is 0 Å². The van der Waals surface area contributed by atoms with Gasteiger partial charge in [0.2, 0.25) is 0 Å². The summed E-state index contributed by atoms with van der Waals surface area (Å²) in [6.07, 6.45) is 0.142. The summed E-state index contributed by atoms with van der Waals surface area (Å²) in [5.74, 6) is -1.13. The van der Waals surface area contributed by atoms with Gasteiger partial charge >= 0.3 is 12.1 Å². The SMILES string of the molecule is Cc1ccc(CC[C@@H](NC(=O)OCC2c3ccccc3-c3ccccc32)C(=O)O)cc1C. The standard InChI is InChI=1S/C27H27NO4/c1-17-11-12-19(15-18(17)2)13-14-25(26(29)30)28-27(31)32-16-24-22-9-5-3-7-20(22)21-8-4-6-10-23(21)24/h3-12,15,24-25H,13-14,16H2,1-2H3,(H,28,31)(H,29,30)/t25-/m1/s1. The van der Waals surface area contributed by atoms with Crippen molar-refractivity contribution in [3.63, 3.8) is 0 Å². The van der Waals surface area contributed by atoms with Gasteiger partial charge in [0.05, 0.1) is 0 Å². The third-order valence-corrected chi connectivity index (χ3v) is 6.23. The third kappa shape index (κ3) is 4.52. The molecule has 5 heteroatoms. The van der Waals surface area contributed by atoms with Gasteiger partial charge in [-0.3, -0.25) is 0 Å². The van der Waals surface area contributed by atoms with E-state index in [-0.39, 0.29) is 12.5 Å². The Hall–Kier alpha value is -3.60. The molecular formula is C27H27NO4. The van der Waals surface area contributed by atoms with Gasteiger partial charge in [0.1, 0.15) is 12.6 Å². The molecule has 0 saturated carbocycles. The van der Waals surface area contributed by atoms with Crippen LogP contribution >= 0.6 is 0 Å². The number of benzene rings is 3. The lowest BCUT2D eigenvalue weighted by Gasteiger charge is -2.17. The van der Waals surface area contributed by atoms with Gasteiger partial charge in [-0.1, -0.05) is 66.7 Å². The van der Waals surface area contributed by atoms with E-state index in [9.17, 15) is 14.7 Å². The Labute approximate surface area is 188 Å². The second-order valence-electron chi connectivity index (χ2n) is 8.32. The maximum atomic E-state index is 12.5. The molecule has 32 heavy (non-hydrogen) atoms. The molecule has 5 nitrogen and oxygen atoms in total. The molecule has 0 fully saturated rings. The van der Waals surface area contributed by atoms with Crippen LogP contribution in [0.15, 0.2) is 66.7 Å². The van der Waals surface area contributed by atoms with Gasteiger partial charge in [-0.15, -0.1) is 0 Å². The molecule has 3 aromatic carbocycles. The number of carboxylic acids is 1. The highest BCUT2D eigenvalue weighted by molar-refractivity contribution is 5.81. The molecule has 0 spiro atoms. The third-order valence-electron chi connectivity index (χ3n) is 6.23. The first-order valence-electron chi connectivity index (χ1n) is 10.8. The van der Waals surface area contributed by atoms with Crippen molar-refractivity contribution in [2.75, 3.05) is 6.61 Å². The predicted octanol–water partition coefficient (Wildman–Crippen LogP) is 5.23. The number of hydrogen-bond donors (Lipinski definition) is 2. The van der Waals surface area contributed by atoms with Crippen LogP contribution in [0, 0.1) is 13.8 Å². The van der Waals surface area contributed by atoms with Gasteiger partial charge in [0.25, 0.3) is 0 Å². The van der Waals surface area contributed by atoms with Crippen molar-refractivity contribution in [2.24, 2.45) is 0 Å². The highest BCUT2D eigenvalue weighted by atomic mass is 16.5. The lowest BCUT2D eigenvalue weighted by molar-refractivity contribution is -0.139. The monoisotopic (exact) mass is 429 g/mol.